The molecule has 3 amide bonds. The van der Waals surface area contributed by atoms with Gasteiger partial charge in [-0.1, -0.05) is 12.1 Å². The first-order valence-electron chi connectivity index (χ1n) is 5.59. The van der Waals surface area contributed by atoms with E-state index >= 15 is 0 Å². The van der Waals surface area contributed by atoms with Gasteiger partial charge >= 0.3 is 12.0 Å². The lowest BCUT2D eigenvalue weighted by molar-refractivity contribution is -0.146. The van der Waals surface area contributed by atoms with Crippen molar-refractivity contribution >= 4 is 17.9 Å². The monoisotopic (exact) mass is 264 g/mol. The maximum atomic E-state index is 11.5. The van der Waals surface area contributed by atoms with Crippen molar-refractivity contribution in [2.75, 3.05) is 6.54 Å². The highest BCUT2D eigenvalue weighted by Gasteiger charge is 2.38. The first-order valence-corrected chi connectivity index (χ1v) is 5.59. The van der Waals surface area contributed by atoms with E-state index in [0.717, 1.165) is 4.90 Å². The fraction of sp³-hybridized carbons (Fsp3) is 0.250. The van der Waals surface area contributed by atoms with Crippen molar-refractivity contribution in [1.82, 2.24) is 10.2 Å². The third-order valence-corrected chi connectivity index (χ3v) is 2.84. The lowest BCUT2D eigenvalue weighted by Gasteiger charge is -2.21. The summed E-state index contributed by atoms with van der Waals surface area (Å²) in [6, 6.07) is 3.98. The summed E-state index contributed by atoms with van der Waals surface area (Å²) in [6.07, 6.45) is -0.00519. The maximum Gasteiger partial charge on any atom is 0.327 e. The molecule has 1 aliphatic heterocycles. The molecule has 1 heterocycles. The third kappa shape index (κ3) is 2.65. The number of carbonyl (C=O) groups excluding carboxylic acids is 2. The van der Waals surface area contributed by atoms with Gasteiger partial charge in [-0.3, -0.25) is 4.79 Å². The molecule has 7 nitrogen and oxygen atoms in total. The maximum absolute atomic E-state index is 11.5. The Morgan fingerprint density at radius 3 is 2.42 bits per heavy atom. The van der Waals surface area contributed by atoms with Crippen LogP contribution in [0.1, 0.15) is 5.56 Å². The van der Waals surface area contributed by atoms with Gasteiger partial charge < -0.3 is 15.5 Å². The lowest BCUT2D eigenvalue weighted by Crippen LogP contribution is -2.46. The molecule has 1 atom stereocenters. The van der Waals surface area contributed by atoms with Crippen molar-refractivity contribution in [2.24, 2.45) is 0 Å². The van der Waals surface area contributed by atoms with E-state index in [2.05, 4.69) is 5.32 Å². The molecule has 0 saturated carbocycles. The second-order valence-electron chi connectivity index (χ2n) is 4.15. The molecule has 1 saturated heterocycles. The zero-order valence-electron chi connectivity index (χ0n) is 9.87. The van der Waals surface area contributed by atoms with Crippen molar-refractivity contribution in [3.8, 4) is 5.75 Å². The third-order valence-electron chi connectivity index (χ3n) is 2.84. The molecule has 1 fully saturated rings. The van der Waals surface area contributed by atoms with Crippen LogP contribution in [0.3, 0.4) is 0 Å². The minimum absolute atomic E-state index is 0.00519. The molecule has 0 aromatic heterocycles. The molecule has 1 aliphatic rings. The SMILES string of the molecule is O=C(O)C(Cc1ccc(O)cc1)N1C(=O)CNC1=O. The number of imide groups is 1. The summed E-state index contributed by atoms with van der Waals surface area (Å²) in [4.78, 5) is 34.9. The number of rotatable bonds is 4. The largest absolute Gasteiger partial charge is 0.508 e. The molecule has 1 aromatic carbocycles. The summed E-state index contributed by atoms with van der Waals surface area (Å²) in [6.45, 7) is -0.182. The smallest absolute Gasteiger partial charge is 0.327 e. The van der Waals surface area contributed by atoms with Gasteiger partial charge in [0.25, 0.3) is 5.91 Å². The first kappa shape index (κ1) is 12.9. The predicted molar refractivity (Wildman–Crippen MR) is 63.5 cm³/mol. The average Bonchev–Trinajstić information content (AvgIpc) is 2.68. The van der Waals surface area contributed by atoms with E-state index < -0.39 is 23.9 Å². The lowest BCUT2D eigenvalue weighted by atomic mass is 10.0. The summed E-state index contributed by atoms with van der Waals surface area (Å²) < 4.78 is 0. The van der Waals surface area contributed by atoms with Gasteiger partial charge in [0.2, 0.25) is 0 Å². The molecule has 1 unspecified atom stereocenters. The Morgan fingerprint density at radius 2 is 1.95 bits per heavy atom. The van der Waals surface area contributed by atoms with Crippen LogP contribution in [0.5, 0.6) is 5.75 Å². The van der Waals surface area contributed by atoms with Crippen molar-refractivity contribution in [3.05, 3.63) is 29.8 Å². The molecule has 3 N–H and O–H groups in total. The zero-order valence-corrected chi connectivity index (χ0v) is 9.87. The molecule has 0 radical (unpaired) electrons. The van der Waals surface area contributed by atoms with Crippen LogP contribution in [-0.2, 0) is 16.0 Å². The van der Waals surface area contributed by atoms with Gasteiger partial charge in [0, 0.05) is 6.42 Å². The summed E-state index contributed by atoms with van der Waals surface area (Å²) in [5.74, 6) is -1.75. The molecule has 1 aromatic rings. The van der Waals surface area contributed by atoms with Crippen molar-refractivity contribution in [2.45, 2.75) is 12.5 Å². The number of urea groups is 1. The Labute approximate surface area is 108 Å². The van der Waals surface area contributed by atoms with Crippen LogP contribution < -0.4 is 5.32 Å². The van der Waals surface area contributed by atoms with Gasteiger partial charge in [-0.25, -0.2) is 14.5 Å². The highest BCUT2D eigenvalue weighted by molar-refractivity contribution is 6.04. The first-order chi connectivity index (χ1) is 8.99. The number of aliphatic carboxylic acids is 1. The Bertz CT molecular complexity index is 509. The number of carboxylic acids is 1. The Morgan fingerprint density at radius 1 is 1.32 bits per heavy atom. The number of benzene rings is 1. The van der Waals surface area contributed by atoms with E-state index in [-0.39, 0.29) is 18.7 Å². The quantitative estimate of drug-likeness (QED) is 0.660. The number of hydrogen-bond donors (Lipinski definition) is 3. The molecule has 100 valence electrons. The number of carbonyl (C=O) groups is 3. The Balaban J connectivity index is 2.21. The molecule has 0 spiro atoms. The number of hydrogen-bond acceptors (Lipinski definition) is 4. The van der Waals surface area contributed by atoms with E-state index in [1.54, 1.807) is 12.1 Å². The van der Waals surface area contributed by atoms with Gasteiger partial charge in [0.15, 0.2) is 0 Å². The Kier molecular flexibility index (Phi) is 3.37. The summed E-state index contributed by atoms with van der Waals surface area (Å²) >= 11 is 0. The standard InChI is InChI=1S/C12H12N2O5/c15-8-3-1-7(2-4-8)5-9(11(17)18)14-10(16)6-13-12(14)19/h1-4,9,15H,5-6H2,(H,13,19)(H,17,18). The van der Waals surface area contributed by atoms with Crippen LogP contribution >= 0.6 is 0 Å². The van der Waals surface area contributed by atoms with Crippen LogP contribution in [0, 0.1) is 0 Å². The van der Waals surface area contributed by atoms with Crippen LogP contribution in [-0.4, -0.2) is 45.6 Å². The summed E-state index contributed by atoms with van der Waals surface area (Å²) in [5.41, 5.74) is 0.609. The minimum Gasteiger partial charge on any atom is -0.508 e. The van der Waals surface area contributed by atoms with E-state index in [0.29, 0.717) is 5.56 Å². The van der Waals surface area contributed by atoms with Crippen molar-refractivity contribution in [1.29, 1.82) is 0 Å². The molecular weight excluding hydrogens is 252 g/mol. The number of nitrogens with zero attached hydrogens (tertiary/aromatic N) is 1. The van der Waals surface area contributed by atoms with Gasteiger partial charge in [-0.05, 0) is 17.7 Å². The number of carboxylic acid groups (broad SMARTS) is 1. The van der Waals surface area contributed by atoms with E-state index in [4.69, 9.17) is 10.2 Å². The van der Waals surface area contributed by atoms with Crippen LogP contribution in [0.15, 0.2) is 24.3 Å². The number of nitrogens with one attached hydrogen (secondary N) is 1. The minimum atomic E-state index is -1.25. The summed E-state index contributed by atoms with van der Waals surface area (Å²) in [7, 11) is 0. The van der Waals surface area contributed by atoms with E-state index in [1.165, 1.54) is 12.1 Å². The molecule has 7 heteroatoms. The average molecular weight is 264 g/mol. The fourth-order valence-electron chi connectivity index (χ4n) is 1.89. The van der Waals surface area contributed by atoms with E-state index in [9.17, 15) is 14.4 Å². The van der Waals surface area contributed by atoms with Crippen molar-refractivity contribution < 1.29 is 24.6 Å². The van der Waals surface area contributed by atoms with Gasteiger partial charge in [0.1, 0.15) is 11.8 Å². The van der Waals surface area contributed by atoms with Crippen LogP contribution in [0.2, 0.25) is 0 Å². The topological polar surface area (TPSA) is 107 Å². The fourth-order valence-corrected chi connectivity index (χ4v) is 1.89. The number of aromatic hydroxyl groups is 1. The molecular formula is C12H12N2O5. The molecule has 0 aliphatic carbocycles. The van der Waals surface area contributed by atoms with Crippen LogP contribution in [0.4, 0.5) is 4.79 Å². The van der Waals surface area contributed by atoms with Gasteiger partial charge in [-0.2, -0.15) is 0 Å². The van der Waals surface area contributed by atoms with Gasteiger partial charge in [-0.15, -0.1) is 0 Å². The molecule has 0 bridgehead atoms. The van der Waals surface area contributed by atoms with E-state index in [1.807, 2.05) is 0 Å². The summed E-state index contributed by atoms with van der Waals surface area (Å²) in [5, 5.41) is 20.6. The molecule has 19 heavy (non-hydrogen) atoms. The highest BCUT2D eigenvalue weighted by atomic mass is 16.4. The molecule has 2 rings (SSSR count). The second kappa shape index (κ2) is 4.97. The zero-order chi connectivity index (χ0) is 14.0. The number of phenolic OH excluding ortho intramolecular Hbond substituents is 1. The predicted octanol–water partition coefficient (Wildman–Crippen LogP) is -0.0603. The Hall–Kier alpha value is -2.57. The van der Waals surface area contributed by atoms with Crippen molar-refractivity contribution in [3.63, 3.8) is 0 Å². The number of amides is 3. The van der Waals surface area contributed by atoms with Crippen LogP contribution in [0.25, 0.3) is 0 Å². The highest BCUT2D eigenvalue weighted by Crippen LogP contribution is 2.15. The van der Waals surface area contributed by atoms with Gasteiger partial charge in [0.05, 0.1) is 6.54 Å². The number of phenols is 1. The normalized spacial score (nSPS) is 16.3. The second-order valence-corrected chi connectivity index (χ2v) is 4.15.